The third kappa shape index (κ3) is 3.34. The van der Waals surface area contributed by atoms with Crippen molar-refractivity contribution in [2.24, 2.45) is 11.8 Å². The van der Waals surface area contributed by atoms with Crippen molar-refractivity contribution in [1.82, 2.24) is 19.5 Å². The highest BCUT2D eigenvalue weighted by Crippen LogP contribution is 2.29. The maximum atomic E-state index is 12.8. The molecule has 3 unspecified atom stereocenters. The van der Waals surface area contributed by atoms with E-state index in [1.165, 1.54) is 17.5 Å². The fourth-order valence-electron chi connectivity index (χ4n) is 4.43. The van der Waals surface area contributed by atoms with Gasteiger partial charge in [0.05, 0.1) is 11.8 Å². The van der Waals surface area contributed by atoms with E-state index in [-0.39, 0.29) is 17.5 Å². The van der Waals surface area contributed by atoms with E-state index in [0.29, 0.717) is 42.3 Å². The molecule has 3 aromatic heterocycles. The smallest absolute Gasteiger partial charge is 0.291 e. The molecule has 1 fully saturated rings. The molecule has 3 heterocycles. The van der Waals surface area contributed by atoms with E-state index in [0.717, 1.165) is 17.8 Å². The number of rotatable bonds is 5. The molecule has 0 aromatic carbocycles. The third-order valence-electron chi connectivity index (χ3n) is 6.29. The number of furan rings is 1. The highest BCUT2D eigenvalue weighted by molar-refractivity contribution is 5.82. The Morgan fingerprint density at radius 2 is 2.14 bits per heavy atom. The Hall–Kier alpha value is -2.57. The first kappa shape index (κ1) is 18.8. The molecule has 7 heteroatoms. The van der Waals surface area contributed by atoms with Gasteiger partial charge in [-0.25, -0.2) is 4.68 Å². The largest absolute Gasteiger partial charge is 0.463 e. The summed E-state index contributed by atoms with van der Waals surface area (Å²) in [6.07, 6.45) is 6.07. The van der Waals surface area contributed by atoms with Gasteiger partial charge in [0.25, 0.3) is 5.56 Å². The van der Waals surface area contributed by atoms with E-state index < -0.39 is 0 Å². The van der Waals surface area contributed by atoms with Crippen LogP contribution in [0.3, 0.4) is 0 Å². The fourth-order valence-corrected chi connectivity index (χ4v) is 4.43. The summed E-state index contributed by atoms with van der Waals surface area (Å²) in [5, 5.41) is 7.62. The molecule has 0 bridgehead atoms. The van der Waals surface area contributed by atoms with Crippen LogP contribution in [-0.2, 0) is 11.3 Å². The van der Waals surface area contributed by atoms with Gasteiger partial charge in [0.2, 0.25) is 5.91 Å². The first-order valence-corrected chi connectivity index (χ1v) is 10.2. The molecular weight excluding hydrogens is 356 g/mol. The second-order valence-corrected chi connectivity index (χ2v) is 8.16. The number of hydrogen-bond donors (Lipinski definition) is 1. The molecule has 0 radical (unpaired) electrons. The minimum atomic E-state index is -0.160. The number of carbonyl (C=O) groups excluding carboxylic acids is 1. The molecule has 150 valence electrons. The zero-order chi connectivity index (χ0) is 19.8. The Morgan fingerprint density at radius 3 is 2.96 bits per heavy atom. The van der Waals surface area contributed by atoms with Crippen molar-refractivity contribution in [3.8, 4) is 0 Å². The summed E-state index contributed by atoms with van der Waals surface area (Å²) in [6.45, 7) is 6.78. The van der Waals surface area contributed by atoms with Crippen molar-refractivity contribution in [3.05, 3.63) is 34.6 Å². The summed E-state index contributed by atoms with van der Waals surface area (Å²) < 4.78 is 8.68. The summed E-state index contributed by atoms with van der Waals surface area (Å²) in [4.78, 5) is 25.1. The number of nitrogens with one attached hydrogen (secondary N) is 1. The number of amides is 1. The summed E-state index contributed by atoms with van der Waals surface area (Å²) in [6, 6.07) is 3.85. The summed E-state index contributed by atoms with van der Waals surface area (Å²) in [7, 11) is 0. The van der Waals surface area contributed by atoms with Crippen LogP contribution in [0.25, 0.3) is 16.6 Å². The number of aryl methyl sites for hydroxylation is 2. The lowest BCUT2D eigenvalue weighted by Crippen LogP contribution is -2.43. The Labute approximate surface area is 163 Å². The van der Waals surface area contributed by atoms with Crippen molar-refractivity contribution in [1.29, 1.82) is 0 Å². The van der Waals surface area contributed by atoms with Gasteiger partial charge in [-0.3, -0.25) is 14.0 Å². The molecule has 0 spiro atoms. The molecule has 3 atom stereocenters. The van der Waals surface area contributed by atoms with Gasteiger partial charge in [-0.2, -0.15) is 5.10 Å². The van der Waals surface area contributed by atoms with Crippen molar-refractivity contribution in [3.63, 3.8) is 0 Å². The summed E-state index contributed by atoms with van der Waals surface area (Å²) in [5.41, 5.74) is 1.91. The van der Waals surface area contributed by atoms with Gasteiger partial charge in [0.15, 0.2) is 5.58 Å². The van der Waals surface area contributed by atoms with Gasteiger partial charge in [-0.15, -0.1) is 0 Å². The topological polar surface area (TPSA) is 81.5 Å². The highest BCUT2D eigenvalue weighted by atomic mass is 16.3. The first-order valence-electron chi connectivity index (χ1n) is 10.2. The Balaban J connectivity index is 1.41. The lowest BCUT2D eigenvalue weighted by atomic mass is 9.78. The third-order valence-corrected chi connectivity index (χ3v) is 6.29. The second-order valence-electron chi connectivity index (χ2n) is 8.16. The predicted molar refractivity (Wildman–Crippen MR) is 107 cm³/mol. The molecule has 4 rings (SSSR count). The Bertz CT molecular complexity index is 1060. The van der Waals surface area contributed by atoms with Gasteiger partial charge >= 0.3 is 0 Å². The molecule has 0 saturated heterocycles. The average molecular weight is 384 g/mol. The van der Waals surface area contributed by atoms with Gasteiger partial charge < -0.3 is 9.73 Å². The molecule has 0 aliphatic heterocycles. The maximum absolute atomic E-state index is 12.8. The SMILES string of the molecule is Cc1nn(CCCC(=O)NC2CCCC(C)C2C)c(=O)c2cc3occc3n12. The van der Waals surface area contributed by atoms with Crippen molar-refractivity contribution >= 4 is 22.5 Å². The zero-order valence-corrected chi connectivity index (χ0v) is 16.8. The normalized spacial score (nSPS) is 22.8. The monoisotopic (exact) mass is 384 g/mol. The maximum Gasteiger partial charge on any atom is 0.291 e. The lowest BCUT2D eigenvalue weighted by molar-refractivity contribution is -0.122. The highest BCUT2D eigenvalue weighted by Gasteiger charge is 2.27. The molecule has 28 heavy (non-hydrogen) atoms. The van der Waals surface area contributed by atoms with Crippen LogP contribution in [-0.4, -0.2) is 26.1 Å². The fraction of sp³-hybridized carbons (Fsp3) is 0.571. The molecule has 7 nitrogen and oxygen atoms in total. The number of nitrogens with zero attached hydrogens (tertiary/aromatic N) is 3. The van der Waals surface area contributed by atoms with Crippen molar-refractivity contribution in [2.75, 3.05) is 0 Å². The number of fused-ring (bicyclic) bond motifs is 3. The minimum absolute atomic E-state index is 0.0667. The molecule has 1 aliphatic rings. The van der Waals surface area contributed by atoms with Gasteiger partial charge in [-0.1, -0.05) is 26.7 Å². The number of hydrogen-bond acceptors (Lipinski definition) is 4. The van der Waals surface area contributed by atoms with E-state index in [2.05, 4.69) is 24.3 Å². The Kier molecular flexibility index (Phi) is 5.00. The summed E-state index contributed by atoms with van der Waals surface area (Å²) >= 11 is 0. The molecule has 1 amide bonds. The molecule has 1 N–H and O–H groups in total. The Morgan fingerprint density at radius 1 is 1.32 bits per heavy atom. The van der Waals surface area contributed by atoms with Crippen LogP contribution < -0.4 is 10.9 Å². The second kappa shape index (κ2) is 7.45. The average Bonchev–Trinajstić information content (AvgIpc) is 3.24. The first-order chi connectivity index (χ1) is 13.5. The standard InChI is InChI=1S/C21H28N4O3/c1-13-6-4-7-16(14(13)2)22-20(26)8-5-10-24-21(27)18-12-19-17(9-11-28-19)25(18)15(3)23-24/h9,11-14,16H,4-8,10H2,1-3H3,(H,22,26). The van der Waals surface area contributed by atoms with Gasteiger partial charge in [0, 0.05) is 31.1 Å². The van der Waals surface area contributed by atoms with E-state index in [1.54, 1.807) is 12.3 Å². The summed E-state index contributed by atoms with van der Waals surface area (Å²) in [5.74, 6) is 1.95. The van der Waals surface area contributed by atoms with E-state index >= 15 is 0 Å². The van der Waals surface area contributed by atoms with Crippen LogP contribution in [0.1, 0.15) is 51.8 Å². The van der Waals surface area contributed by atoms with Crippen molar-refractivity contribution < 1.29 is 9.21 Å². The molecule has 3 aromatic rings. The number of aromatic nitrogens is 3. The van der Waals surface area contributed by atoms with Gasteiger partial charge in [-0.05, 0) is 31.6 Å². The zero-order valence-electron chi connectivity index (χ0n) is 16.8. The van der Waals surface area contributed by atoms with Crippen LogP contribution >= 0.6 is 0 Å². The number of carbonyl (C=O) groups is 1. The van der Waals surface area contributed by atoms with Crippen LogP contribution in [0, 0.1) is 18.8 Å². The van der Waals surface area contributed by atoms with Crippen LogP contribution in [0.15, 0.2) is 27.6 Å². The minimum Gasteiger partial charge on any atom is -0.463 e. The van der Waals surface area contributed by atoms with Gasteiger partial charge in [0.1, 0.15) is 11.3 Å². The molecule has 1 saturated carbocycles. The van der Waals surface area contributed by atoms with E-state index in [1.807, 2.05) is 17.4 Å². The predicted octanol–water partition coefficient (Wildman–Crippen LogP) is 3.27. The van der Waals surface area contributed by atoms with Crippen molar-refractivity contribution in [2.45, 2.75) is 65.5 Å². The lowest BCUT2D eigenvalue weighted by Gasteiger charge is -2.34. The van der Waals surface area contributed by atoms with Crippen LogP contribution in [0.4, 0.5) is 0 Å². The van der Waals surface area contributed by atoms with Crippen LogP contribution in [0.2, 0.25) is 0 Å². The molecular formula is C21H28N4O3. The van der Waals surface area contributed by atoms with E-state index in [4.69, 9.17) is 4.42 Å². The molecule has 1 aliphatic carbocycles. The van der Waals surface area contributed by atoms with Crippen LogP contribution in [0.5, 0.6) is 0 Å². The quantitative estimate of drug-likeness (QED) is 0.732. The van der Waals surface area contributed by atoms with E-state index in [9.17, 15) is 9.59 Å².